The molecule has 70 valence electrons. The first-order valence-corrected chi connectivity index (χ1v) is 4.41. The van der Waals surface area contributed by atoms with Gasteiger partial charge < -0.3 is 4.90 Å². The fourth-order valence-electron chi connectivity index (χ4n) is 1.63. The molecule has 1 N–H and O–H groups in total. The Morgan fingerprint density at radius 1 is 1.58 bits per heavy atom. The lowest BCUT2D eigenvalue weighted by Crippen LogP contribution is -3.16. The molecule has 12 heavy (non-hydrogen) atoms. The molecule has 0 amide bonds. The maximum absolute atomic E-state index is 12.0. The average Bonchev–Trinajstić information content (AvgIpc) is 1.96. The van der Waals surface area contributed by atoms with Gasteiger partial charge in [0.2, 0.25) is 0 Å². The number of piperazine rings is 1. The first kappa shape index (κ1) is 9.93. The number of likely N-dealkylation sites (N-methyl/N-ethyl adjacent to an activating group) is 1. The number of quaternary nitrogens is 1. The summed E-state index contributed by atoms with van der Waals surface area (Å²) in [5, 5.41) is 0. The lowest BCUT2D eigenvalue weighted by atomic mass is 9.97. The molecular weight excluding hydrogens is 161 g/mol. The molecule has 0 bridgehead atoms. The van der Waals surface area contributed by atoms with Crippen LogP contribution in [0, 0.1) is 0 Å². The molecule has 0 aromatic carbocycles. The Bertz CT molecular complexity index is 145. The topological polar surface area (TPSA) is 7.68 Å². The molecule has 0 radical (unpaired) electrons. The Morgan fingerprint density at radius 2 is 2.25 bits per heavy atom. The Labute approximate surface area is 72.7 Å². The summed E-state index contributed by atoms with van der Waals surface area (Å²) in [6, 6.07) is 0.437. The number of hydrogen-bond acceptors (Lipinski definition) is 1. The minimum absolute atomic E-state index is 0.0121. The van der Waals surface area contributed by atoms with Crippen LogP contribution in [0.5, 0.6) is 0 Å². The number of hydrogen-bond donors (Lipinski definition) is 1. The number of nitrogens with one attached hydrogen (secondary N) is 1. The van der Waals surface area contributed by atoms with Crippen LogP contribution in [0.15, 0.2) is 0 Å². The predicted octanol–water partition coefficient (Wildman–Crippen LogP) is -0.828. The van der Waals surface area contributed by atoms with Gasteiger partial charge in [-0.15, -0.1) is 0 Å². The normalized spacial score (nSPS) is 32.0. The zero-order chi connectivity index (χ0) is 9.14. The van der Waals surface area contributed by atoms with Crippen molar-refractivity contribution >= 4 is 7.27 Å². The van der Waals surface area contributed by atoms with Crippen LogP contribution in [-0.2, 0) is 0 Å². The third-order valence-corrected chi connectivity index (χ3v) is 2.60. The highest BCUT2D eigenvalue weighted by molar-refractivity contribution is 6.42. The largest absolute Gasteiger partial charge is 0.592 e. The maximum atomic E-state index is 12.0. The van der Waals surface area contributed by atoms with E-state index in [4.69, 9.17) is 0 Å². The van der Waals surface area contributed by atoms with Gasteiger partial charge in [-0.3, -0.25) is 13.5 Å². The minimum atomic E-state index is -2.16. The van der Waals surface area contributed by atoms with E-state index in [9.17, 15) is 8.63 Å². The fraction of sp³-hybridized carbons (Fsp3) is 1.00. The molecule has 1 saturated heterocycles. The molecule has 0 spiro atoms. The fourth-order valence-corrected chi connectivity index (χ4v) is 1.63. The van der Waals surface area contributed by atoms with Crippen LogP contribution in [0.25, 0.3) is 0 Å². The van der Waals surface area contributed by atoms with E-state index >= 15 is 0 Å². The van der Waals surface area contributed by atoms with Crippen molar-refractivity contribution in [2.24, 2.45) is 0 Å². The Kier molecular flexibility index (Phi) is 3.46. The molecule has 0 aromatic rings. The summed E-state index contributed by atoms with van der Waals surface area (Å²) in [5.74, 6) is 0. The zero-order valence-electron chi connectivity index (χ0n) is 7.69. The van der Waals surface area contributed by atoms with Gasteiger partial charge in [-0.1, -0.05) is 0 Å². The predicted molar refractivity (Wildman–Crippen MR) is 45.6 cm³/mol. The number of rotatable bonds is 2. The van der Waals surface area contributed by atoms with Crippen molar-refractivity contribution in [2.45, 2.75) is 13.0 Å². The van der Waals surface area contributed by atoms with E-state index in [1.165, 1.54) is 0 Å². The third-order valence-electron chi connectivity index (χ3n) is 2.60. The van der Waals surface area contributed by atoms with E-state index in [-0.39, 0.29) is 6.44 Å². The van der Waals surface area contributed by atoms with E-state index in [0.717, 1.165) is 24.5 Å². The SMILES string of the molecule is C[C@@H]1C[NH+](CB(F)F)CCN1C. The van der Waals surface area contributed by atoms with Gasteiger partial charge in [0.05, 0.1) is 19.1 Å². The van der Waals surface area contributed by atoms with Gasteiger partial charge >= 0.3 is 7.27 Å². The quantitative estimate of drug-likeness (QED) is 0.541. The van der Waals surface area contributed by atoms with Gasteiger partial charge in [-0.05, 0) is 14.0 Å². The standard InChI is InChI=1S/C7H15BF2N2/c1-7-5-12(6-8(9)10)4-3-11(7)2/h7H,3-6H2,1-2H3/p+1/t7-/m1/s1. The summed E-state index contributed by atoms with van der Waals surface area (Å²) in [4.78, 5) is 3.25. The van der Waals surface area contributed by atoms with E-state index in [2.05, 4.69) is 11.8 Å². The molecule has 1 aliphatic rings. The summed E-state index contributed by atoms with van der Waals surface area (Å²) in [6.45, 7) is 4.72. The van der Waals surface area contributed by atoms with E-state index < -0.39 is 7.27 Å². The van der Waals surface area contributed by atoms with Crippen LogP contribution in [0.3, 0.4) is 0 Å². The molecule has 0 saturated carbocycles. The van der Waals surface area contributed by atoms with Crippen molar-refractivity contribution in [3.63, 3.8) is 0 Å². The van der Waals surface area contributed by atoms with E-state index in [1.54, 1.807) is 0 Å². The molecule has 2 nitrogen and oxygen atoms in total. The molecule has 1 fully saturated rings. The second-order valence-electron chi connectivity index (χ2n) is 3.63. The minimum Gasteiger partial charge on any atom is -0.334 e. The second-order valence-corrected chi connectivity index (χ2v) is 3.63. The smallest absolute Gasteiger partial charge is 0.334 e. The second kappa shape index (κ2) is 4.19. The van der Waals surface area contributed by atoms with Crippen LogP contribution in [0.1, 0.15) is 6.92 Å². The van der Waals surface area contributed by atoms with Crippen molar-refractivity contribution in [1.82, 2.24) is 4.90 Å². The van der Waals surface area contributed by atoms with Gasteiger partial charge in [-0.2, -0.15) is 0 Å². The molecule has 1 unspecified atom stereocenters. The van der Waals surface area contributed by atoms with Crippen molar-refractivity contribution in [1.29, 1.82) is 0 Å². The molecule has 5 heteroatoms. The number of nitrogens with zero attached hydrogens (tertiary/aromatic N) is 1. The summed E-state index contributed by atoms with van der Waals surface area (Å²) in [5.41, 5.74) is 0. The highest BCUT2D eigenvalue weighted by Gasteiger charge is 2.28. The third kappa shape index (κ3) is 2.71. The Balaban J connectivity index is 2.30. The van der Waals surface area contributed by atoms with Crippen LogP contribution in [-0.4, -0.2) is 51.3 Å². The van der Waals surface area contributed by atoms with Crippen molar-refractivity contribution in [3.05, 3.63) is 0 Å². The van der Waals surface area contributed by atoms with Gasteiger partial charge in [0, 0.05) is 6.54 Å². The van der Waals surface area contributed by atoms with Gasteiger partial charge in [0.25, 0.3) is 0 Å². The Hall–Kier alpha value is -0.155. The molecule has 0 aromatic heterocycles. The summed E-state index contributed by atoms with van der Waals surface area (Å²) < 4.78 is 24.0. The average molecular weight is 177 g/mol. The molecule has 1 rings (SSSR count). The van der Waals surface area contributed by atoms with E-state index in [1.807, 2.05) is 7.05 Å². The molecule has 2 atom stereocenters. The van der Waals surface area contributed by atoms with Crippen molar-refractivity contribution in [2.75, 3.05) is 33.1 Å². The Morgan fingerprint density at radius 3 is 2.75 bits per heavy atom. The monoisotopic (exact) mass is 177 g/mol. The molecular formula is C7H16BF2N2+. The molecule has 0 aliphatic carbocycles. The van der Waals surface area contributed by atoms with Crippen LogP contribution < -0.4 is 4.90 Å². The van der Waals surface area contributed by atoms with Crippen LogP contribution in [0.4, 0.5) is 8.63 Å². The summed E-state index contributed by atoms with van der Waals surface area (Å²) >= 11 is 0. The maximum Gasteiger partial charge on any atom is 0.592 e. The van der Waals surface area contributed by atoms with E-state index in [0.29, 0.717) is 6.04 Å². The zero-order valence-corrected chi connectivity index (χ0v) is 7.69. The van der Waals surface area contributed by atoms with Crippen molar-refractivity contribution < 1.29 is 13.5 Å². The lowest BCUT2D eigenvalue weighted by molar-refractivity contribution is -0.898. The number of halogens is 2. The highest BCUT2D eigenvalue weighted by Crippen LogP contribution is 1.94. The summed E-state index contributed by atoms with van der Waals surface area (Å²) in [6.07, 6.45) is 0.0121. The van der Waals surface area contributed by atoms with Crippen LogP contribution in [0.2, 0.25) is 0 Å². The lowest BCUT2D eigenvalue weighted by Gasteiger charge is -2.34. The van der Waals surface area contributed by atoms with Gasteiger partial charge in [0.1, 0.15) is 6.44 Å². The highest BCUT2D eigenvalue weighted by atomic mass is 19.2. The van der Waals surface area contributed by atoms with Crippen LogP contribution >= 0.6 is 0 Å². The summed E-state index contributed by atoms with van der Waals surface area (Å²) in [7, 11) is -0.111. The van der Waals surface area contributed by atoms with Crippen molar-refractivity contribution in [3.8, 4) is 0 Å². The molecule has 1 aliphatic heterocycles. The first-order valence-electron chi connectivity index (χ1n) is 4.41. The van der Waals surface area contributed by atoms with Gasteiger partial charge in [0.15, 0.2) is 0 Å². The molecule has 1 heterocycles. The van der Waals surface area contributed by atoms with Gasteiger partial charge in [-0.25, -0.2) is 0 Å². The first-order chi connectivity index (χ1) is 5.59.